The van der Waals surface area contributed by atoms with Gasteiger partial charge >= 0.3 is 0 Å². The SMILES string of the molecule is Cc1cccc(CN2CC[C@H]3OCCC[C@]3(COc3cccnc3)C2)n1. The highest BCUT2D eigenvalue weighted by atomic mass is 16.5. The molecule has 0 N–H and O–H groups in total. The van der Waals surface area contributed by atoms with Crippen molar-refractivity contribution in [2.24, 2.45) is 5.41 Å². The van der Waals surface area contributed by atoms with E-state index in [1.54, 1.807) is 12.4 Å². The summed E-state index contributed by atoms with van der Waals surface area (Å²) in [6.07, 6.45) is 7.15. The fourth-order valence-electron chi connectivity index (χ4n) is 4.30. The van der Waals surface area contributed by atoms with Gasteiger partial charge in [-0.1, -0.05) is 6.07 Å². The minimum Gasteiger partial charge on any atom is -0.491 e. The van der Waals surface area contributed by atoms with Gasteiger partial charge in [-0.25, -0.2) is 0 Å². The van der Waals surface area contributed by atoms with Gasteiger partial charge in [0.1, 0.15) is 5.75 Å². The number of ether oxygens (including phenoxy) is 2. The van der Waals surface area contributed by atoms with Crippen LogP contribution in [0.5, 0.6) is 5.75 Å². The van der Waals surface area contributed by atoms with E-state index in [1.807, 2.05) is 25.1 Å². The van der Waals surface area contributed by atoms with Crippen LogP contribution in [0.15, 0.2) is 42.7 Å². The average Bonchev–Trinajstić information content (AvgIpc) is 2.67. The smallest absolute Gasteiger partial charge is 0.137 e. The van der Waals surface area contributed by atoms with Crippen molar-refractivity contribution in [2.75, 3.05) is 26.3 Å². The van der Waals surface area contributed by atoms with Gasteiger partial charge in [0.25, 0.3) is 0 Å². The number of hydrogen-bond donors (Lipinski definition) is 0. The van der Waals surface area contributed by atoms with Gasteiger partial charge < -0.3 is 9.47 Å². The number of hydrogen-bond acceptors (Lipinski definition) is 5. The number of likely N-dealkylation sites (tertiary alicyclic amines) is 1. The molecule has 2 aromatic heterocycles. The van der Waals surface area contributed by atoms with E-state index in [0.29, 0.717) is 6.61 Å². The molecule has 0 aromatic carbocycles. The van der Waals surface area contributed by atoms with Crippen molar-refractivity contribution in [3.05, 3.63) is 54.1 Å². The second kappa shape index (κ2) is 7.72. The van der Waals surface area contributed by atoms with Crippen molar-refractivity contribution < 1.29 is 9.47 Å². The Labute approximate surface area is 155 Å². The maximum atomic E-state index is 6.15. The van der Waals surface area contributed by atoms with E-state index in [2.05, 4.69) is 27.0 Å². The molecule has 0 saturated carbocycles. The summed E-state index contributed by atoms with van der Waals surface area (Å²) in [6.45, 7) is 6.54. The summed E-state index contributed by atoms with van der Waals surface area (Å²) in [7, 11) is 0. The Kier molecular flexibility index (Phi) is 5.18. The third kappa shape index (κ3) is 3.89. The normalized spacial score (nSPS) is 26.3. The van der Waals surface area contributed by atoms with Crippen molar-refractivity contribution in [1.82, 2.24) is 14.9 Å². The lowest BCUT2D eigenvalue weighted by atomic mass is 9.73. The first-order chi connectivity index (χ1) is 12.7. The van der Waals surface area contributed by atoms with Crippen molar-refractivity contribution in [2.45, 2.75) is 38.8 Å². The molecule has 0 aliphatic carbocycles. The van der Waals surface area contributed by atoms with E-state index in [1.165, 1.54) is 0 Å². The molecule has 4 heterocycles. The molecule has 0 unspecified atom stereocenters. The molecular weight excluding hydrogens is 326 g/mol. The van der Waals surface area contributed by atoms with Crippen LogP contribution < -0.4 is 4.74 Å². The van der Waals surface area contributed by atoms with Crippen molar-refractivity contribution in [3.8, 4) is 5.75 Å². The third-order valence-corrected chi connectivity index (χ3v) is 5.56. The Balaban J connectivity index is 1.47. The fourth-order valence-corrected chi connectivity index (χ4v) is 4.30. The Morgan fingerprint density at radius 3 is 3.12 bits per heavy atom. The standard InChI is InChI=1S/C21H27N3O2/c1-17-5-2-6-18(23-17)14-24-11-8-20-21(15-24,9-4-12-25-20)16-26-19-7-3-10-22-13-19/h2-3,5-7,10,13,20H,4,8-9,11-12,14-16H2,1H3/t20-,21-/m1/s1. The lowest BCUT2D eigenvalue weighted by Gasteiger charge is -2.50. The monoisotopic (exact) mass is 353 g/mol. The Morgan fingerprint density at radius 2 is 2.27 bits per heavy atom. The van der Waals surface area contributed by atoms with Crippen LogP contribution >= 0.6 is 0 Å². The van der Waals surface area contributed by atoms with E-state index in [0.717, 1.165) is 62.6 Å². The van der Waals surface area contributed by atoms with Crippen LogP contribution in [0.4, 0.5) is 0 Å². The second-order valence-electron chi connectivity index (χ2n) is 7.57. The lowest BCUT2D eigenvalue weighted by molar-refractivity contribution is -0.141. The van der Waals surface area contributed by atoms with E-state index in [4.69, 9.17) is 9.47 Å². The van der Waals surface area contributed by atoms with E-state index < -0.39 is 0 Å². The van der Waals surface area contributed by atoms with Crippen LogP contribution in [0.25, 0.3) is 0 Å². The Bertz CT molecular complexity index is 724. The highest BCUT2D eigenvalue weighted by Gasteiger charge is 2.46. The summed E-state index contributed by atoms with van der Waals surface area (Å²) in [5.74, 6) is 0.837. The van der Waals surface area contributed by atoms with Gasteiger partial charge in [-0.15, -0.1) is 0 Å². The highest BCUT2D eigenvalue weighted by molar-refractivity contribution is 5.16. The van der Waals surface area contributed by atoms with Crippen LogP contribution in [0, 0.1) is 12.3 Å². The molecule has 2 aliphatic rings. The molecule has 5 nitrogen and oxygen atoms in total. The van der Waals surface area contributed by atoms with Crippen LogP contribution in [0.1, 0.15) is 30.7 Å². The molecule has 4 rings (SSSR count). The third-order valence-electron chi connectivity index (χ3n) is 5.56. The van der Waals surface area contributed by atoms with Crippen LogP contribution in [0.3, 0.4) is 0 Å². The molecule has 2 saturated heterocycles. The van der Waals surface area contributed by atoms with E-state index in [-0.39, 0.29) is 11.5 Å². The summed E-state index contributed by atoms with van der Waals surface area (Å²) >= 11 is 0. The van der Waals surface area contributed by atoms with Crippen LogP contribution in [0.2, 0.25) is 0 Å². The van der Waals surface area contributed by atoms with Gasteiger partial charge in [0.05, 0.1) is 24.6 Å². The van der Waals surface area contributed by atoms with E-state index >= 15 is 0 Å². The quantitative estimate of drug-likeness (QED) is 0.826. The van der Waals surface area contributed by atoms with Crippen LogP contribution in [-0.2, 0) is 11.3 Å². The summed E-state index contributed by atoms with van der Waals surface area (Å²) in [5, 5.41) is 0. The van der Waals surface area contributed by atoms with Crippen LogP contribution in [-0.4, -0.2) is 47.3 Å². The van der Waals surface area contributed by atoms with Gasteiger partial charge in [-0.2, -0.15) is 0 Å². The molecule has 2 fully saturated rings. The molecule has 5 heteroatoms. The Hall–Kier alpha value is -1.98. The van der Waals surface area contributed by atoms with Gasteiger partial charge in [0, 0.05) is 43.5 Å². The minimum atomic E-state index is 0.0518. The molecule has 2 aliphatic heterocycles. The number of fused-ring (bicyclic) bond motifs is 1. The van der Waals surface area contributed by atoms with Gasteiger partial charge in [0.2, 0.25) is 0 Å². The van der Waals surface area contributed by atoms with Crippen molar-refractivity contribution in [1.29, 1.82) is 0 Å². The summed E-state index contributed by atoms with van der Waals surface area (Å²) < 4.78 is 12.3. The summed E-state index contributed by atoms with van der Waals surface area (Å²) in [6, 6.07) is 10.1. The summed E-state index contributed by atoms with van der Waals surface area (Å²) in [4.78, 5) is 11.3. The van der Waals surface area contributed by atoms with Gasteiger partial charge in [0.15, 0.2) is 0 Å². The molecule has 0 bridgehead atoms. The molecule has 0 amide bonds. The molecule has 0 spiro atoms. The van der Waals surface area contributed by atoms with Crippen molar-refractivity contribution in [3.63, 3.8) is 0 Å². The molecular formula is C21H27N3O2. The zero-order valence-corrected chi connectivity index (χ0v) is 15.4. The van der Waals surface area contributed by atoms with Gasteiger partial charge in [-0.3, -0.25) is 14.9 Å². The molecule has 26 heavy (non-hydrogen) atoms. The zero-order chi connectivity index (χ0) is 17.8. The minimum absolute atomic E-state index is 0.0518. The largest absolute Gasteiger partial charge is 0.491 e. The predicted molar refractivity (Wildman–Crippen MR) is 100 cm³/mol. The number of nitrogens with zero attached hydrogens (tertiary/aromatic N) is 3. The molecule has 0 radical (unpaired) electrons. The maximum Gasteiger partial charge on any atom is 0.137 e. The number of pyridine rings is 2. The first-order valence-electron chi connectivity index (χ1n) is 9.53. The average molecular weight is 353 g/mol. The predicted octanol–water partition coefficient (Wildman–Crippen LogP) is 3.24. The number of piperidine rings is 1. The second-order valence-corrected chi connectivity index (χ2v) is 7.57. The molecule has 2 atom stereocenters. The fraction of sp³-hybridized carbons (Fsp3) is 0.524. The number of rotatable bonds is 5. The topological polar surface area (TPSA) is 47.5 Å². The Morgan fingerprint density at radius 1 is 1.31 bits per heavy atom. The van der Waals surface area contributed by atoms with Crippen molar-refractivity contribution >= 4 is 0 Å². The molecule has 2 aromatic rings. The molecule has 138 valence electrons. The highest BCUT2D eigenvalue weighted by Crippen LogP contribution is 2.41. The van der Waals surface area contributed by atoms with E-state index in [9.17, 15) is 0 Å². The van der Waals surface area contributed by atoms with Gasteiger partial charge in [-0.05, 0) is 50.5 Å². The first-order valence-corrected chi connectivity index (χ1v) is 9.53. The lowest BCUT2D eigenvalue weighted by Crippen LogP contribution is -2.57. The number of aromatic nitrogens is 2. The number of aryl methyl sites for hydroxylation is 1. The maximum absolute atomic E-state index is 6.15. The summed E-state index contributed by atoms with van der Waals surface area (Å²) in [5.41, 5.74) is 2.27. The zero-order valence-electron chi connectivity index (χ0n) is 15.4. The first kappa shape index (κ1) is 17.4.